The third-order valence-corrected chi connectivity index (χ3v) is 6.36. The van der Waals surface area contributed by atoms with E-state index in [0.29, 0.717) is 31.5 Å². The lowest BCUT2D eigenvalue weighted by molar-refractivity contribution is 0.306. The molecular weight excluding hydrogens is 354 g/mol. The number of hydrogen-bond acceptors (Lipinski definition) is 5. The van der Waals surface area contributed by atoms with Gasteiger partial charge in [0.25, 0.3) is 0 Å². The van der Waals surface area contributed by atoms with E-state index in [2.05, 4.69) is 41.4 Å². The lowest BCUT2D eigenvalue weighted by Crippen LogP contribution is -2.49. The van der Waals surface area contributed by atoms with Gasteiger partial charge in [-0.2, -0.15) is 0 Å². The van der Waals surface area contributed by atoms with E-state index >= 15 is 0 Å². The molecule has 9 heteroatoms. The minimum absolute atomic E-state index is 0.0715. The highest BCUT2D eigenvalue weighted by atomic mass is 32.2. The van der Waals surface area contributed by atoms with E-state index in [1.165, 1.54) is 0 Å². The summed E-state index contributed by atoms with van der Waals surface area (Å²) in [5.41, 5.74) is -0.0715. The predicted octanol–water partition coefficient (Wildman–Crippen LogP) is 1.45. The van der Waals surface area contributed by atoms with E-state index in [1.807, 2.05) is 0 Å². The van der Waals surface area contributed by atoms with Crippen LogP contribution in [0.25, 0.3) is 0 Å². The van der Waals surface area contributed by atoms with Crippen LogP contribution >= 0.6 is 0 Å². The van der Waals surface area contributed by atoms with Crippen molar-refractivity contribution in [2.24, 2.45) is 4.99 Å². The number of oxazole rings is 1. The second-order valence-corrected chi connectivity index (χ2v) is 9.77. The van der Waals surface area contributed by atoms with Gasteiger partial charge in [0.1, 0.15) is 5.76 Å². The Morgan fingerprint density at radius 3 is 2.54 bits per heavy atom. The molecule has 0 radical (unpaired) electrons. The van der Waals surface area contributed by atoms with Crippen LogP contribution in [0.15, 0.2) is 15.6 Å². The minimum atomic E-state index is -3.10. The molecule has 2 N–H and O–H groups in total. The van der Waals surface area contributed by atoms with Gasteiger partial charge in [0.2, 0.25) is 15.9 Å². The zero-order valence-electron chi connectivity index (χ0n) is 16.4. The third-order valence-electron chi connectivity index (χ3n) is 4.48. The number of aromatic nitrogens is 1. The van der Waals surface area contributed by atoms with Crippen molar-refractivity contribution >= 4 is 16.0 Å². The van der Waals surface area contributed by atoms with Crippen LogP contribution in [-0.4, -0.2) is 55.6 Å². The molecule has 1 aromatic heterocycles. The maximum atomic E-state index is 11.9. The third kappa shape index (κ3) is 5.44. The highest BCUT2D eigenvalue weighted by Gasteiger charge is 2.27. The van der Waals surface area contributed by atoms with Crippen molar-refractivity contribution in [3.63, 3.8) is 0 Å². The Kier molecular flexibility index (Phi) is 6.68. The van der Waals surface area contributed by atoms with Crippen molar-refractivity contribution < 1.29 is 12.8 Å². The van der Waals surface area contributed by atoms with E-state index in [9.17, 15) is 8.42 Å². The molecule has 1 saturated heterocycles. The topological polar surface area (TPSA) is 99.8 Å². The standard InChI is InChI=1S/C17H31N5O3S/c1-6-26(23,24)22-9-7-13(8-10-22)21-16(18-5)20-12-15-19-11-14(25-15)17(2,3)4/h11,13H,6-10,12H2,1-5H3,(H2,18,20,21). The normalized spacial score (nSPS) is 18.1. The SMILES string of the molecule is CCS(=O)(=O)N1CCC(NC(=NC)NCc2ncc(C(C)(C)C)o2)CC1. The van der Waals surface area contributed by atoms with Crippen LogP contribution in [0.2, 0.25) is 0 Å². The molecule has 1 aliphatic rings. The Morgan fingerprint density at radius 2 is 2.04 bits per heavy atom. The fourth-order valence-electron chi connectivity index (χ4n) is 2.75. The van der Waals surface area contributed by atoms with Crippen LogP contribution < -0.4 is 10.6 Å². The Bertz CT molecular complexity index is 713. The molecule has 0 aliphatic carbocycles. The molecule has 2 rings (SSSR count). The first-order valence-electron chi connectivity index (χ1n) is 9.06. The Morgan fingerprint density at radius 1 is 1.38 bits per heavy atom. The molecule has 0 spiro atoms. The molecule has 0 unspecified atom stereocenters. The molecule has 148 valence electrons. The lowest BCUT2D eigenvalue weighted by Gasteiger charge is -2.32. The van der Waals surface area contributed by atoms with Crippen molar-refractivity contribution in [2.75, 3.05) is 25.9 Å². The zero-order valence-corrected chi connectivity index (χ0v) is 17.2. The van der Waals surface area contributed by atoms with Gasteiger partial charge in [-0.25, -0.2) is 17.7 Å². The zero-order chi connectivity index (χ0) is 19.4. The summed E-state index contributed by atoms with van der Waals surface area (Å²) < 4.78 is 31.2. The summed E-state index contributed by atoms with van der Waals surface area (Å²) in [6.07, 6.45) is 3.28. The number of nitrogens with one attached hydrogen (secondary N) is 2. The quantitative estimate of drug-likeness (QED) is 0.588. The number of sulfonamides is 1. The van der Waals surface area contributed by atoms with Gasteiger partial charge in [-0.1, -0.05) is 20.8 Å². The summed E-state index contributed by atoms with van der Waals surface area (Å²) in [4.78, 5) is 8.53. The van der Waals surface area contributed by atoms with E-state index in [1.54, 1.807) is 24.5 Å². The van der Waals surface area contributed by atoms with Crippen LogP contribution in [0.3, 0.4) is 0 Å². The molecule has 0 amide bonds. The van der Waals surface area contributed by atoms with E-state index in [4.69, 9.17) is 4.42 Å². The van der Waals surface area contributed by atoms with Crippen molar-refractivity contribution in [3.05, 3.63) is 17.8 Å². The van der Waals surface area contributed by atoms with Gasteiger partial charge in [0.15, 0.2) is 5.96 Å². The van der Waals surface area contributed by atoms with Crippen molar-refractivity contribution in [2.45, 2.75) is 58.5 Å². The number of rotatable bonds is 5. The fraction of sp³-hybridized carbons (Fsp3) is 0.765. The van der Waals surface area contributed by atoms with E-state index < -0.39 is 10.0 Å². The molecule has 1 aromatic rings. The van der Waals surface area contributed by atoms with Crippen molar-refractivity contribution in [1.29, 1.82) is 0 Å². The van der Waals surface area contributed by atoms with Crippen LogP contribution in [0.4, 0.5) is 0 Å². The second-order valence-electron chi connectivity index (χ2n) is 7.51. The van der Waals surface area contributed by atoms with Crippen molar-refractivity contribution in [1.82, 2.24) is 19.9 Å². The summed E-state index contributed by atoms with van der Waals surface area (Å²) in [6, 6.07) is 0.194. The molecule has 8 nitrogen and oxygen atoms in total. The van der Waals surface area contributed by atoms with Crippen LogP contribution in [0, 0.1) is 0 Å². The molecule has 0 atom stereocenters. The van der Waals surface area contributed by atoms with Crippen LogP contribution in [-0.2, 0) is 22.0 Å². The lowest BCUT2D eigenvalue weighted by atomic mass is 9.94. The average Bonchev–Trinajstić information content (AvgIpc) is 3.08. The first kappa shape index (κ1) is 20.7. The van der Waals surface area contributed by atoms with Gasteiger partial charge >= 0.3 is 0 Å². The van der Waals surface area contributed by atoms with Gasteiger partial charge in [-0.15, -0.1) is 0 Å². The summed E-state index contributed by atoms with van der Waals surface area (Å²) >= 11 is 0. The molecule has 26 heavy (non-hydrogen) atoms. The summed E-state index contributed by atoms with van der Waals surface area (Å²) in [5.74, 6) is 2.28. The van der Waals surface area contributed by atoms with Gasteiger partial charge < -0.3 is 15.1 Å². The monoisotopic (exact) mass is 385 g/mol. The number of guanidine groups is 1. The van der Waals surface area contributed by atoms with Crippen LogP contribution in [0.5, 0.6) is 0 Å². The second kappa shape index (κ2) is 8.39. The minimum Gasteiger partial charge on any atom is -0.443 e. The van der Waals surface area contributed by atoms with Gasteiger partial charge in [-0.3, -0.25) is 4.99 Å². The van der Waals surface area contributed by atoms with Crippen molar-refractivity contribution in [3.8, 4) is 0 Å². The van der Waals surface area contributed by atoms with E-state index in [0.717, 1.165) is 18.6 Å². The number of hydrogen-bond donors (Lipinski definition) is 2. The first-order valence-corrected chi connectivity index (χ1v) is 10.7. The molecule has 1 fully saturated rings. The molecular formula is C17H31N5O3S. The Balaban J connectivity index is 1.83. The highest BCUT2D eigenvalue weighted by Crippen LogP contribution is 2.22. The molecule has 2 heterocycles. The van der Waals surface area contributed by atoms with Crippen LogP contribution in [0.1, 0.15) is 52.2 Å². The predicted molar refractivity (Wildman–Crippen MR) is 103 cm³/mol. The maximum Gasteiger partial charge on any atom is 0.213 e. The maximum absolute atomic E-state index is 11.9. The number of nitrogens with zero attached hydrogens (tertiary/aromatic N) is 3. The molecule has 0 bridgehead atoms. The van der Waals surface area contributed by atoms with Gasteiger partial charge in [-0.05, 0) is 19.8 Å². The Hall–Kier alpha value is -1.61. The van der Waals surface area contributed by atoms with Gasteiger partial charge in [0, 0.05) is 31.6 Å². The fourth-order valence-corrected chi connectivity index (χ4v) is 3.88. The van der Waals surface area contributed by atoms with Gasteiger partial charge in [0.05, 0.1) is 18.5 Å². The number of piperidine rings is 1. The summed E-state index contributed by atoms with van der Waals surface area (Å²) in [7, 11) is -1.39. The Labute approximate surface area is 156 Å². The molecule has 0 aromatic carbocycles. The molecule has 0 saturated carbocycles. The molecule has 1 aliphatic heterocycles. The average molecular weight is 386 g/mol. The largest absolute Gasteiger partial charge is 0.443 e. The smallest absolute Gasteiger partial charge is 0.213 e. The summed E-state index contributed by atoms with van der Waals surface area (Å²) in [6.45, 7) is 9.44. The highest BCUT2D eigenvalue weighted by molar-refractivity contribution is 7.89. The first-order chi connectivity index (χ1) is 12.2. The van der Waals surface area contributed by atoms with E-state index in [-0.39, 0.29) is 17.2 Å². The summed E-state index contributed by atoms with van der Waals surface area (Å²) in [5, 5.41) is 6.55. The number of aliphatic imine (C=N–C) groups is 1.